The molecule has 0 heterocycles. The molecular weight excluding hydrogens is 260 g/mol. The van der Waals surface area contributed by atoms with Crippen molar-refractivity contribution >= 4 is 16.0 Å². The molecule has 7 nitrogen and oxygen atoms in total. The first kappa shape index (κ1) is 15.2. The number of azo groups is 1. The van der Waals surface area contributed by atoms with Gasteiger partial charge in [0.05, 0.1) is 18.4 Å². The maximum Gasteiger partial charge on any atom is 0.289 e. The second-order valence-electron chi connectivity index (χ2n) is 4.27. The number of hydrogen-bond acceptors (Lipinski definition) is 6. The topological polar surface area (TPSA) is 94.4 Å². The van der Waals surface area contributed by atoms with Crippen LogP contribution in [0.25, 0.3) is 0 Å². The molecule has 1 aliphatic rings. The number of carbonyl (C=O) groups excluding carboxylic acids is 1. The molecule has 0 N–H and O–H groups in total. The summed E-state index contributed by atoms with van der Waals surface area (Å²) < 4.78 is 31.4. The van der Waals surface area contributed by atoms with Crippen LogP contribution in [0.2, 0.25) is 0 Å². The first-order valence-corrected chi connectivity index (χ1v) is 7.53. The molecule has 0 aromatic carbocycles. The van der Waals surface area contributed by atoms with Crippen LogP contribution in [0.15, 0.2) is 10.2 Å². The van der Waals surface area contributed by atoms with E-state index in [1.807, 2.05) is 0 Å². The van der Waals surface area contributed by atoms with E-state index in [0.29, 0.717) is 25.7 Å². The second-order valence-corrected chi connectivity index (χ2v) is 5.87. The third-order valence-corrected chi connectivity index (χ3v) is 3.18. The number of ether oxygens (including phenoxy) is 1. The highest BCUT2D eigenvalue weighted by Gasteiger charge is 2.24. The molecule has 1 aliphatic carbocycles. The van der Waals surface area contributed by atoms with Gasteiger partial charge in [0.2, 0.25) is 0 Å². The fourth-order valence-corrected chi connectivity index (χ4v) is 2.49. The van der Waals surface area contributed by atoms with Gasteiger partial charge < -0.3 is 4.74 Å². The van der Waals surface area contributed by atoms with Crippen LogP contribution in [0.5, 0.6) is 0 Å². The monoisotopic (exact) mass is 278 g/mol. The van der Waals surface area contributed by atoms with E-state index in [0.717, 1.165) is 6.26 Å². The van der Waals surface area contributed by atoms with Crippen molar-refractivity contribution in [3.05, 3.63) is 0 Å². The Balaban J connectivity index is 2.33. The smallest absolute Gasteiger partial charge is 0.289 e. The molecule has 1 saturated carbocycles. The molecular formula is C10H18N2O5S. The summed E-state index contributed by atoms with van der Waals surface area (Å²) in [6, 6.07) is -0.0368. The van der Waals surface area contributed by atoms with Gasteiger partial charge in [-0.2, -0.15) is 13.5 Å². The van der Waals surface area contributed by atoms with Crippen molar-refractivity contribution < 1.29 is 22.1 Å². The van der Waals surface area contributed by atoms with Gasteiger partial charge in [0, 0.05) is 7.11 Å². The van der Waals surface area contributed by atoms with Gasteiger partial charge in [0.15, 0.2) is 0 Å². The first-order chi connectivity index (χ1) is 8.40. The van der Waals surface area contributed by atoms with Crippen LogP contribution < -0.4 is 0 Å². The van der Waals surface area contributed by atoms with Crippen molar-refractivity contribution in [3.8, 4) is 0 Å². The van der Waals surface area contributed by atoms with E-state index in [1.165, 1.54) is 7.11 Å². The molecule has 18 heavy (non-hydrogen) atoms. The highest BCUT2D eigenvalue weighted by molar-refractivity contribution is 7.86. The van der Waals surface area contributed by atoms with E-state index in [4.69, 9.17) is 4.18 Å². The van der Waals surface area contributed by atoms with Crippen LogP contribution in [0.1, 0.15) is 25.7 Å². The Morgan fingerprint density at radius 2 is 1.89 bits per heavy atom. The summed E-state index contributed by atoms with van der Waals surface area (Å²) in [5.41, 5.74) is 0. The van der Waals surface area contributed by atoms with Crippen LogP contribution in [0.3, 0.4) is 0 Å². The van der Waals surface area contributed by atoms with Crippen LogP contribution in [-0.2, 0) is 23.8 Å². The molecule has 104 valence electrons. The fourth-order valence-electron chi connectivity index (χ4n) is 1.80. The number of hydrogen-bond donors (Lipinski definition) is 0. The molecule has 0 radical (unpaired) electrons. The summed E-state index contributed by atoms with van der Waals surface area (Å²) in [5, 5.41) is 7.46. The minimum absolute atomic E-state index is 0.0368. The van der Waals surface area contributed by atoms with Crippen LogP contribution in [-0.4, -0.2) is 46.4 Å². The Hall–Kier alpha value is -0.860. The molecule has 0 aromatic heterocycles. The summed E-state index contributed by atoms with van der Waals surface area (Å²) in [6.07, 6.45) is 3.32. The number of nitrogens with zero attached hydrogens (tertiary/aromatic N) is 2. The van der Waals surface area contributed by atoms with E-state index in [9.17, 15) is 13.2 Å². The van der Waals surface area contributed by atoms with Crippen molar-refractivity contribution in [2.75, 3.05) is 20.0 Å². The lowest BCUT2D eigenvalue weighted by Gasteiger charge is -2.24. The van der Waals surface area contributed by atoms with E-state index >= 15 is 0 Å². The molecule has 1 amide bonds. The number of methoxy groups -OCH3 is 1. The molecule has 1 fully saturated rings. The predicted molar refractivity (Wildman–Crippen MR) is 63.7 cm³/mol. The zero-order valence-corrected chi connectivity index (χ0v) is 11.4. The predicted octanol–water partition coefficient (Wildman–Crippen LogP) is 0.899. The quantitative estimate of drug-likeness (QED) is 0.550. The zero-order valence-electron chi connectivity index (χ0n) is 10.5. The average Bonchev–Trinajstić information content (AvgIpc) is 2.26. The fraction of sp³-hybridized carbons (Fsp3) is 0.900. The molecule has 0 aromatic rings. The number of rotatable bonds is 5. The Kier molecular flexibility index (Phi) is 5.83. The second kappa shape index (κ2) is 6.91. The van der Waals surface area contributed by atoms with Gasteiger partial charge in [-0.1, -0.05) is 0 Å². The van der Waals surface area contributed by atoms with Crippen molar-refractivity contribution in [2.45, 2.75) is 37.8 Å². The van der Waals surface area contributed by atoms with Crippen LogP contribution >= 0.6 is 0 Å². The standard InChI is InChI=1S/C10H18N2O5S/c1-16-7-10(13)12-11-8-3-5-9(6-4-8)17-18(2,14)15/h8-9H,3-7H2,1-2H3/b12-11+. The van der Waals surface area contributed by atoms with Crippen LogP contribution in [0, 0.1) is 0 Å². The summed E-state index contributed by atoms with van der Waals surface area (Å²) in [6.45, 7) is -0.0734. The highest BCUT2D eigenvalue weighted by atomic mass is 32.2. The third kappa shape index (κ3) is 6.18. The summed E-state index contributed by atoms with van der Waals surface area (Å²) in [5.74, 6) is -0.410. The zero-order chi connectivity index (χ0) is 13.6. The molecule has 0 spiro atoms. The van der Waals surface area contributed by atoms with Crippen LogP contribution in [0.4, 0.5) is 0 Å². The van der Waals surface area contributed by atoms with Crippen molar-refractivity contribution in [1.29, 1.82) is 0 Å². The molecule has 0 unspecified atom stereocenters. The summed E-state index contributed by atoms with van der Waals surface area (Å²) in [7, 11) is -1.98. The molecule has 1 rings (SSSR count). The third-order valence-electron chi connectivity index (χ3n) is 2.55. The number of carbonyl (C=O) groups is 1. The lowest BCUT2D eigenvalue weighted by molar-refractivity contribution is -0.121. The van der Waals surface area contributed by atoms with Crippen molar-refractivity contribution in [1.82, 2.24) is 0 Å². The van der Waals surface area contributed by atoms with Gasteiger partial charge in [-0.05, 0) is 25.7 Å². The van der Waals surface area contributed by atoms with Crippen molar-refractivity contribution in [3.63, 3.8) is 0 Å². The van der Waals surface area contributed by atoms with E-state index < -0.39 is 16.0 Å². The Labute approximate surface area is 107 Å². The lowest BCUT2D eigenvalue weighted by Crippen LogP contribution is -2.25. The van der Waals surface area contributed by atoms with Gasteiger partial charge in [0.25, 0.3) is 16.0 Å². The molecule has 0 saturated heterocycles. The Bertz CT molecular complexity index is 398. The average molecular weight is 278 g/mol. The summed E-state index contributed by atoms with van der Waals surface area (Å²) in [4.78, 5) is 11.0. The Morgan fingerprint density at radius 3 is 2.39 bits per heavy atom. The van der Waals surface area contributed by atoms with Gasteiger partial charge in [-0.3, -0.25) is 8.98 Å². The SMILES string of the molecule is COCC(=O)/N=N/C1CCC(OS(C)(=O)=O)CC1. The van der Waals surface area contributed by atoms with Gasteiger partial charge >= 0.3 is 0 Å². The lowest BCUT2D eigenvalue weighted by atomic mass is 9.94. The minimum Gasteiger partial charge on any atom is -0.375 e. The van der Waals surface area contributed by atoms with E-state index in [1.54, 1.807) is 0 Å². The highest BCUT2D eigenvalue weighted by Crippen LogP contribution is 2.24. The molecule has 0 bridgehead atoms. The maximum atomic E-state index is 11.0. The van der Waals surface area contributed by atoms with Crippen molar-refractivity contribution in [2.24, 2.45) is 10.2 Å². The van der Waals surface area contributed by atoms with Gasteiger partial charge in [0.1, 0.15) is 6.61 Å². The molecule has 0 atom stereocenters. The largest absolute Gasteiger partial charge is 0.375 e. The van der Waals surface area contributed by atoms with E-state index in [-0.39, 0.29) is 18.8 Å². The van der Waals surface area contributed by atoms with Gasteiger partial charge in [-0.15, -0.1) is 5.11 Å². The minimum atomic E-state index is -3.40. The Morgan fingerprint density at radius 1 is 1.28 bits per heavy atom. The molecule has 0 aliphatic heterocycles. The maximum absolute atomic E-state index is 11.0. The number of amides is 1. The summed E-state index contributed by atoms with van der Waals surface area (Å²) >= 11 is 0. The normalized spacial score (nSPS) is 25.4. The van der Waals surface area contributed by atoms with E-state index in [2.05, 4.69) is 15.0 Å². The molecule has 8 heteroatoms. The van der Waals surface area contributed by atoms with Gasteiger partial charge in [-0.25, -0.2) is 0 Å². The first-order valence-electron chi connectivity index (χ1n) is 5.71.